The topological polar surface area (TPSA) is 50.9 Å². The normalized spacial score (nSPS) is 10.1. The maximum atomic E-state index is 5.79. The zero-order valence-electron chi connectivity index (χ0n) is 8.24. The zero-order valence-corrected chi connectivity index (χ0v) is 9.76. The van der Waals surface area contributed by atoms with Crippen molar-refractivity contribution >= 4 is 40.4 Å². The number of anilines is 3. The van der Waals surface area contributed by atoms with E-state index in [0.29, 0.717) is 21.7 Å². The van der Waals surface area contributed by atoms with E-state index in [1.807, 2.05) is 12.1 Å². The van der Waals surface area contributed by atoms with E-state index in [2.05, 4.69) is 10.3 Å². The summed E-state index contributed by atoms with van der Waals surface area (Å²) in [6, 6.07) is 10.6. The van der Waals surface area contributed by atoms with Crippen molar-refractivity contribution in [3.8, 4) is 0 Å². The van der Waals surface area contributed by atoms with Gasteiger partial charge in [0.25, 0.3) is 0 Å². The quantitative estimate of drug-likeness (QED) is 0.803. The van der Waals surface area contributed by atoms with Gasteiger partial charge >= 0.3 is 0 Å². The smallest absolute Gasteiger partial charge is 0.134 e. The van der Waals surface area contributed by atoms with Gasteiger partial charge < -0.3 is 11.1 Å². The number of halogens is 2. The monoisotopic (exact) mass is 253 g/mol. The summed E-state index contributed by atoms with van der Waals surface area (Å²) in [5.41, 5.74) is 7.09. The van der Waals surface area contributed by atoms with Crippen LogP contribution in [0.15, 0.2) is 36.4 Å². The van der Waals surface area contributed by atoms with Gasteiger partial charge in [0.05, 0.1) is 0 Å². The van der Waals surface area contributed by atoms with E-state index in [1.165, 1.54) is 0 Å². The Morgan fingerprint density at radius 3 is 2.38 bits per heavy atom. The lowest BCUT2D eigenvalue weighted by Gasteiger charge is -2.06. The second-order valence-electron chi connectivity index (χ2n) is 3.24. The van der Waals surface area contributed by atoms with Crippen LogP contribution in [-0.4, -0.2) is 4.98 Å². The molecule has 2 aromatic rings. The zero-order chi connectivity index (χ0) is 11.5. The van der Waals surface area contributed by atoms with E-state index >= 15 is 0 Å². The first-order chi connectivity index (χ1) is 7.63. The Labute approximate surface area is 103 Å². The summed E-state index contributed by atoms with van der Waals surface area (Å²) >= 11 is 11.6. The summed E-state index contributed by atoms with van der Waals surface area (Å²) in [6.45, 7) is 0. The van der Waals surface area contributed by atoms with Gasteiger partial charge in [-0.2, -0.15) is 0 Å². The molecular formula is C11H9Cl2N3. The lowest BCUT2D eigenvalue weighted by atomic mass is 10.3. The fourth-order valence-corrected chi connectivity index (χ4v) is 1.60. The van der Waals surface area contributed by atoms with Crippen LogP contribution < -0.4 is 11.1 Å². The highest BCUT2D eigenvalue weighted by Gasteiger charge is 1.99. The molecule has 0 saturated carbocycles. The van der Waals surface area contributed by atoms with Crippen molar-refractivity contribution in [2.45, 2.75) is 0 Å². The van der Waals surface area contributed by atoms with Crippen LogP contribution in [0, 0.1) is 0 Å². The molecule has 0 aliphatic rings. The maximum absolute atomic E-state index is 5.79. The van der Waals surface area contributed by atoms with E-state index < -0.39 is 0 Å². The third-order valence-corrected chi connectivity index (χ3v) is 2.38. The molecule has 0 radical (unpaired) electrons. The number of aromatic nitrogens is 1. The third kappa shape index (κ3) is 2.78. The van der Waals surface area contributed by atoms with E-state index in [4.69, 9.17) is 28.9 Å². The van der Waals surface area contributed by atoms with Crippen molar-refractivity contribution in [1.29, 1.82) is 0 Å². The van der Waals surface area contributed by atoms with E-state index in [9.17, 15) is 0 Å². The Bertz CT molecular complexity index is 477. The Morgan fingerprint density at radius 1 is 1.06 bits per heavy atom. The van der Waals surface area contributed by atoms with Crippen LogP contribution in [0.5, 0.6) is 0 Å². The molecule has 3 nitrogen and oxygen atoms in total. The minimum absolute atomic E-state index is 0.358. The Morgan fingerprint density at radius 2 is 1.75 bits per heavy atom. The van der Waals surface area contributed by atoms with Gasteiger partial charge in [0.2, 0.25) is 0 Å². The van der Waals surface area contributed by atoms with Crippen molar-refractivity contribution in [2.24, 2.45) is 0 Å². The first-order valence-corrected chi connectivity index (χ1v) is 5.35. The number of hydrogen-bond donors (Lipinski definition) is 2. The molecule has 0 aliphatic carbocycles. The van der Waals surface area contributed by atoms with Crippen molar-refractivity contribution < 1.29 is 0 Å². The lowest BCUT2D eigenvalue weighted by molar-refractivity contribution is 1.31. The Kier molecular flexibility index (Phi) is 3.17. The van der Waals surface area contributed by atoms with Gasteiger partial charge in [0.15, 0.2) is 0 Å². The second kappa shape index (κ2) is 4.60. The molecule has 5 heteroatoms. The SMILES string of the molecule is Nc1cc(Cl)nc(Nc2ccc(Cl)cc2)c1. The summed E-state index contributed by atoms with van der Waals surface area (Å²) in [5.74, 6) is 0.604. The Balaban J connectivity index is 2.23. The molecule has 2 rings (SSSR count). The van der Waals surface area contributed by atoms with Gasteiger partial charge in [-0.05, 0) is 30.3 Å². The highest BCUT2D eigenvalue weighted by Crippen LogP contribution is 2.21. The number of nitrogens with zero attached hydrogens (tertiary/aromatic N) is 1. The summed E-state index contributed by atoms with van der Waals surface area (Å²) in [4.78, 5) is 4.09. The average molecular weight is 254 g/mol. The number of nitrogen functional groups attached to an aromatic ring is 1. The maximum Gasteiger partial charge on any atom is 0.134 e. The fourth-order valence-electron chi connectivity index (χ4n) is 1.26. The van der Waals surface area contributed by atoms with E-state index in [-0.39, 0.29) is 0 Å². The molecule has 1 aromatic carbocycles. The van der Waals surface area contributed by atoms with Crippen molar-refractivity contribution in [3.05, 3.63) is 46.6 Å². The van der Waals surface area contributed by atoms with Gasteiger partial charge in [0, 0.05) is 22.5 Å². The van der Waals surface area contributed by atoms with Crippen LogP contribution in [-0.2, 0) is 0 Å². The standard InChI is InChI=1S/C11H9Cl2N3/c12-7-1-3-9(4-2-7)15-11-6-8(14)5-10(13)16-11/h1-6H,(H3,14,15,16). The van der Waals surface area contributed by atoms with Crippen LogP contribution in [0.25, 0.3) is 0 Å². The van der Waals surface area contributed by atoms with Crippen molar-refractivity contribution in [2.75, 3.05) is 11.1 Å². The highest BCUT2D eigenvalue weighted by molar-refractivity contribution is 6.30. The molecule has 0 spiro atoms. The molecule has 16 heavy (non-hydrogen) atoms. The van der Waals surface area contributed by atoms with Crippen LogP contribution in [0.1, 0.15) is 0 Å². The second-order valence-corrected chi connectivity index (χ2v) is 4.06. The summed E-state index contributed by atoms with van der Waals surface area (Å²) in [7, 11) is 0. The molecule has 3 N–H and O–H groups in total. The number of nitrogens with two attached hydrogens (primary N) is 1. The number of pyridine rings is 1. The fraction of sp³-hybridized carbons (Fsp3) is 0. The van der Waals surface area contributed by atoms with Crippen LogP contribution in [0.2, 0.25) is 10.2 Å². The first kappa shape index (κ1) is 11.0. The van der Waals surface area contributed by atoms with Gasteiger partial charge in [-0.1, -0.05) is 23.2 Å². The third-order valence-electron chi connectivity index (χ3n) is 1.93. The van der Waals surface area contributed by atoms with Gasteiger partial charge in [-0.25, -0.2) is 4.98 Å². The number of hydrogen-bond acceptors (Lipinski definition) is 3. The molecule has 0 aliphatic heterocycles. The largest absolute Gasteiger partial charge is 0.399 e. The molecular weight excluding hydrogens is 245 g/mol. The molecule has 0 bridgehead atoms. The number of rotatable bonds is 2. The highest BCUT2D eigenvalue weighted by atomic mass is 35.5. The van der Waals surface area contributed by atoms with Gasteiger partial charge in [-0.15, -0.1) is 0 Å². The molecule has 0 amide bonds. The number of benzene rings is 1. The van der Waals surface area contributed by atoms with Crippen LogP contribution in [0.4, 0.5) is 17.2 Å². The summed E-state index contributed by atoms with van der Waals surface area (Å²) < 4.78 is 0. The average Bonchev–Trinajstić information content (AvgIpc) is 2.20. The molecule has 0 fully saturated rings. The predicted octanol–water partition coefficient (Wildman–Crippen LogP) is 3.71. The molecule has 1 aromatic heterocycles. The van der Waals surface area contributed by atoms with E-state index in [1.54, 1.807) is 24.3 Å². The Hall–Kier alpha value is -1.45. The molecule has 0 unspecified atom stereocenters. The first-order valence-electron chi connectivity index (χ1n) is 4.59. The van der Waals surface area contributed by atoms with Gasteiger partial charge in [-0.3, -0.25) is 0 Å². The molecule has 82 valence electrons. The predicted molar refractivity (Wildman–Crippen MR) is 68.4 cm³/mol. The van der Waals surface area contributed by atoms with Crippen LogP contribution >= 0.6 is 23.2 Å². The van der Waals surface area contributed by atoms with Crippen molar-refractivity contribution in [3.63, 3.8) is 0 Å². The van der Waals surface area contributed by atoms with E-state index in [0.717, 1.165) is 5.69 Å². The summed E-state index contributed by atoms with van der Waals surface area (Å²) in [5, 5.41) is 4.12. The molecule has 1 heterocycles. The number of nitrogens with one attached hydrogen (secondary N) is 1. The minimum atomic E-state index is 0.358. The van der Waals surface area contributed by atoms with Crippen LogP contribution in [0.3, 0.4) is 0 Å². The van der Waals surface area contributed by atoms with Gasteiger partial charge in [0.1, 0.15) is 11.0 Å². The lowest BCUT2D eigenvalue weighted by Crippen LogP contribution is -1.95. The molecule has 0 saturated heterocycles. The minimum Gasteiger partial charge on any atom is -0.399 e. The van der Waals surface area contributed by atoms with Crippen molar-refractivity contribution in [1.82, 2.24) is 4.98 Å². The molecule has 0 atom stereocenters. The summed E-state index contributed by atoms with van der Waals surface area (Å²) in [6.07, 6.45) is 0.